The number of amides is 1. The van der Waals surface area contributed by atoms with E-state index < -0.39 is 0 Å². The van der Waals surface area contributed by atoms with Crippen LogP contribution in [0.1, 0.15) is 42.1 Å². The highest BCUT2D eigenvalue weighted by Crippen LogP contribution is 2.33. The summed E-state index contributed by atoms with van der Waals surface area (Å²) in [4.78, 5) is 30.7. The van der Waals surface area contributed by atoms with Crippen molar-refractivity contribution in [2.75, 3.05) is 31.9 Å². The van der Waals surface area contributed by atoms with Gasteiger partial charge in [0.05, 0.1) is 24.4 Å². The number of pyridine rings is 1. The second-order valence-electron chi connectivity index (χ2n) is 8.74. The Morgan fingerprint density at radius 2 is 2.03 bits per heavy atom. The van der Waals surface area contributed by atoms with Crippen molar-refractivity contribution in [3.05, 3.63) is 46.5 Å². The summed E-state index contributed by atoms with van der Waals surface area (Å²) in [5.41, 5.74) is 1.02. The molecule has 2 aliphatic carbocycles. The van der Waals surface area contributed by atoms with Crippen LogP contribution in [0.4, 0.5) is 17.3 Å². The molecule has 11 nitrogen and oxygen atoms in total. The highest BCUT2D eigenvalue weighted by Gasteiger charge is 2.33. The van der Waals surface area contributed by atoms with Gasteiger partial charge in [-0.2, -0.15) is 9.61 Å². The number of anilines is 3. The number of methoxy groups -OCH3 is 2. The number of nitrogens with one attached hydrogen (secondary N) is 3. The van der Waals surface area contributed by atoms with Crippen LogP contribution in [0.2, 0.25) is 0 Å². The molecule has 0 spiro atoms. The first kappa shape index (κ1) is 22.4. The molecule has 3 aromatic heterocycles. The summed E-state index contributed by atoms with van der Waals surface area (Å²) in [5.74, 6) is 0.805. The molecule has 1 amide bonds. The summed E-state index contributed by atoms with van der Waals surface area (Å²) in [6.07, 6.45) is 6.94. The van der Waals surface area contributed by atoms with Crippen molar-refractivity contribution in [2.45, 2.75) is 50.0 Å². The number of nitrogens with zero attached hydrogens (tertiary/aromatic N) is 4. The summed E-state index contributed by atoms with van der Waals surface area (Å²) in [5, 5.41) is 13.5. The molecule has 2 fully saturated rings. The van der Waals surface area contributed by atoms with Gasteiger partial charge in [-0.25, -0.2) is 4.98 Å². The normalized spacial score (nSPS) is 23.7. The van der Waals surface area contributed by atoms with E-state index in [1.807, 2.05) is 6.07 Å². The first-order valence-corrected chi connectivity index (χ1v) is 11.4. The van der Waals surface area contributed by atoms with Gasteiger partial charge in [0.2, 0.25) is 0 Å². The molecule has 3 N–H and O–H groups in total. The summed E-state index contributed by atoms with van der Waals surface area (Å²) in [7, 11) is 5.10. The number of hydrogen-bond acceptors (Lipinski definition) is 8. The highest BCUT2D eigenvalue weighted by atomic mass is 16.5. The largest absolute Gasteiger partial charge is 0.381 e. The third-order valence-corrected chi connectivity index (χ3v) is 6.84. The van der Waals surface area contributed by atoms with Gasteiger partial charge in [-0.05, 0) is 37.8 Å². The SMILES string of the molecule is CNc1cc(Nc2cccn([C@H]3C[C@@H](OC)C3)c2=O)nc2c(C(=O)N[C@@H]3CC[C@H]3OC)cnn12. The monoisotopic (exact) mass is 467 g/mol. The van der Waals surface area contributed by atoms with E-state index >= 15 is 0 Å². The van der Waals surface area contributed by atoms with Crippen molar-refractivity contribution >= 4 is 28.9 Å². The second-order valence-corrected chi connectivity index (χ2v) is 8.74. The maximum Gasteiger partial charge on any atom is 0.274 e. The van der Waals surface area contributed by atoms with E-state index in [0.717, 1.165) is 25.7 Å². The standard InChI is InChI=1S/C23H29N7O4/c1-24-20-11-19(26-17-5-4-8-29(23(17)32)13-9-14(10-13)33-2)28-21-15(12-25-30(20)21)22(31)27-16-6-7-18(16)34-3/h4-5,8,11-14,16,18,24H,6-7,9-10H2,1-3H3,(H,26,28)(H,27,31)/t13-,14+,16-,18-/m1/s1. The summed E-state index contributed by atoms with van der Waals surface area (Å²) < 4.78 is 14.0. The van der Waals surface area contributed by atoms with Gasteiger partial charge in [0.1, 0.15) is 22.9 Å². The van der Waals surface area contributed by atoms with Crippen LogP contribution in [0.15, 0.2) is 35.4 Å². The van der Waals surface area contributed by atoms with Crippen molar-refractivity contribution < 1.29 is 14.3 Å². The number of hydrogen-bond donors (Lipinski definition) is 3. The van der Waals surface area contributed by atoms with E-state index in [0.29, 0.717) is 28.5 Å². The van der Waals surface area contributed by atoms with Gasteiger partial charge < -0.3 is 30.0 Å². The highest BCUT2D eigenvalue weighted by molar-refractivity contribution is 6.00. The van der Waals surface area contributed by atoms with Crippen LogP contribution in [0, 0.1) is 0 Å². The van der Waals surface area contributed by atoms with Crippen molar-refractivity contribution in [3.8, 4) is 0 Å². The zero-order valence-electron chi connectivity index (χ0n) is 19.4. The fourth-order valence-electron chi connectivity index (χ4n) is 4.52. The Kier molecular flexibility index (Phi) is 5.96. The van der Waals surface area contributed by atoms with E-state index in [-0.39, 0.29) is 35.8 Å². The second kappa shape index (κ2) is 9.07. The zero-order chi connectivity index (χ0) is 23.8. The molecule has 180 valence electrons. The summed E-state index contributed by atoms with van der Waals surface area (Å²) >= 11 is 0. The molecule has 2 atom stereocenters. The predicted octanol–water partition coefficient (Wildman–Crippen LogP) is 1.93. The molecule has 0 radical (unpaired) electrons. The predicted molar refractivity (Wildman–Crippen MR) is 127 cm³/mol. The van der Waals surface area contributed by atoms with Gasteiger partial charge in [-0.3, -0.25) is 9.59 Å². The van der Waals surface area contributed by atoms with Crippen LogP contribution in [0.5, 0.6) is 0 Å². The van der Waals surface area contributed by atoms with Gasteiger partial charge in [-0.1, -0.05) is 0 Å². The van der Waals surface area contributed by atoms with Crippen LogP contribution < -0.4 is 21.5 Å². The van der Waals surface area contributed by atoms with E-state index in [1.165, 1.54) is 6.20 Å². The minimum atomic E-state index is -0.256. The van der Waals surface area contributed by atoms with Crippen molar-refractivity contribution in [2.24, 2.45) is 0 Å². The van der Waals surface area contributed by atoms with Gasteiger partial charge in [-0.15, -0.1) is 0 Å². The fourth-order valence-corrected chi connectivity index (χ4v) is 4.52. The Morgan fingerprint density at radius 3 is 2.71 bits per heavy atom. The number of ether oxygens (including phenoxy) is 2. The van der Waals surface area contributed by atoms with Crippen LogP contribution in [-0.4, -0.2) is 64.6 Å². The third kappa shape index (κ3) is 3.90. The minimum absolute atomic E-state index is 0.0236. The molecule has 0 unspecified atom stereocenters. The molecule has 2 aliphatic rings. The average molecular weight is 468 g/mol. The Hall–Kier alpha value is -3.44. The van der Waals surface area contributed by atoms with Crippen LogP contribution in [0.25, 0.3) is 5.65 Å². The zero-order valence-corrected chi connectivity index (χ0v) is 19.4. The van der Waals surface area contributed by atoms with Crippen molar-refractivity contribution in [3.63, 3.8) is 0 Å². The summed E-state index contributed by atoms with van der Waals surface area (Å²) in [6.45, 7) is 0. The molecule has 2 saturated carbocycles. The van der Waals surface area contributed by atoms with Crippen LogP contribution in [0.3, 0.4) is 0 Å². The molecule has 0 bridgehead atoms. The first-order chi connectivity index (χ1) is 16.5. The molecule has 0 aromatic carbocycles. The Balaban J connectivity index is 1.43. The number of carbonyl (C=O) groups excluding carboxylic acids is 1. The van der Waals surface area contributed by atoms with Gasteiger partial charge in [0.15, 0.2) is 5.65 Å². The van der Waals surface area contributed by atoms with E-state index in [2.05, 4.69) is 26.0 Å². The lowest BCUT2D eigenvalue weighted by Crippen LogP contribution is -2.51. The van der Waals surface area contributed by atoms with E-state index in [4.69, 9.17) is 9.47 Å². The molecule has 34 heavy (non-hydrogen) atoms. The number of carbonyl (C=O) groups is 1. The maximum atomic E-state index is 13.1. The summed E-state index contributed by atoms with van der Waals surface area (Å²) in [6, 6.07) is 5.40. The van der Waals surface area contributed by atoms with Crippen molar-refractivity contribution in [1.82, 2.24) is 24.5 Å². The molecular formula is C23H29N7O4. The maximum absolute atomic E-state index is 13.1. The van der Waals surface area contributed by atoms with Crippen LogP contribution >= 0.6 is 0 Å². The van der Waals surface area contributed by atoms with Gasteiger partial charge in [0.25, 0.3) is 11.5 Å². The average Bonchev–Trinajstić information content (AvgIpc) is 3.22. The molecule has 0 aliphatic heterocycles. The van der Waals surface area contributed by atoms with E-state index in [1.54, 1.807) is 48.7 Å². The van der Waals surface area contributed by atoms with Gasteiger partial charge in [0, 0.05) is 39.6 Å². The lowest BCUT2D eigenvalue weighted by molar-refractivity contribution is 0.00522. The van der Waals surface area contributed by atoms with Crippen LogP contribution in [-0.2, 0) is 9.47 Å². The molecular weight excluding hydrogens is 438 g/mol. The topological polar surface area (TPSA) is 124 Å². The quantitative estimate of drug-likeness (QED) is 0.459. The molecule has 3 aromatic rings. The minimum Gasteiger partial charge on any atom is -0.381 e. The molecule has 11 heteroatoms. The fraction of sp³-hybridized carbons (Fsp3) is 0.478. The lowest BCUT2D eigenvalue weighted by Gasteiger charge is -2.35. The lowest BCUT2D eigenvalue weighted by atomic mass is 9.89. The smallest absolute Gasteiger partial charge is 0.274 e. The molecule has 0 saturated heterocycles. The van der Waals surface area contributed by atoms with Gasteiger partial charge >= 0.3 is 0 Å². The third-order valence-electron chi connectivity index (χ3n) is 6.84. The van der Waals surface area contributed by atoms with E-state index in [9.17, 15) is 9.59 Å². The number of aromatic nitrogens is 4. The Labute approximate surface area is 196 Å². The Bertz CT molecular complexity index is 1260. The van der Waals surface area contributed by atoms with Crippen molar-refractivity contribution in [1.29, 1.82) is 0 Å². The Morgan fingerprint density at radius 1 is 1.21 bits per heavy atom. The number of rotatable bonds is 8. The molecule has 5 rings (SSSR count). The molecule has 3 heterocycles. The number of fused-ring (bicyclic) bond motifs is 1. The first-order valence-electron chi connectivity index (χ1n) is 11.4.